The van der Waals surface area contributed by atoms with Crippen molar-refractivity contribution in [2.24, 2.45) is 63.1 Å². The highest BCUT2D eigenvalue weighted by Crippen LogP contribution is 2.69. The fraction of sp³-hybridized carbons (Fsp3) is 0.812. The first-order valence-electron chi connectivity index (χ1n) is 22.2. The summed E-state index contributed by atoms with van der Waals surface area (Å²) in [6, 6.07) is 0. The zero-order valence-electron chi connectivity index (χ0n) is 34.8. The average molecular weight is 743 g/mol. The molecule has 0 amide bonds. The van der Waals surface area contributed by atoms with E-state index in [1.807, 2.05) is 12.2 Å². The van der Waals surface area contributed by atoms with Crippen molar-refractivity contribution < 1.29 is 28.7 Å². The molecule has 6 heteroatoms. The number of hydrogen-bond acceptors (Lipinski definition) is 6. The molecular formula is C48H70O6. The summed E-state index contributed by atoms with van der Waals surface area (Å²) in [6.45, 7) is 15.0. The first kappa shape index (κ1) is 39.8. The Labute approximate surface area is 325 Å². The van der Waals surface area contributed by atoms with Gasteiger partial charge in [0.1, 0.15) is 5.78 Å². The normalized spacial score (nSPS) is 44.8. The fourth-order valence-electron chi connectivity index (χ4n) is 15.4. The Bertz CT molecular complexity index is 1620. The molecule has 0 bridgehead atoms. The van der Waals surface area contributed by atoms with Crippen LogP contribution in [0.5, 0.6) is 0 Å². The summed E-state index contributed by atoms with van der Waals surface area (Å²) in [4.78, 5) is 61.8. The van der Waals surface area contributed by atoms with Crippen molar-refractivity contribution in [3.05, 3.63) is 23.3 Å². The van der Waals surface area contributed by atoms with Gasteiger partial charge in [0.15, 0.2) is 23.0 Å². The van der Waals surface area contributed by atoms with Crippen LogP contribution < -0.4 is 0 Å². The Hall–Kier alpha value is -2.37. The standard InChI is InChI=1S/C27H40O4.C21H30O2/c1-5-6-7-8-24(30)31-27(18(2)28)16-13-23-21-10-9-19-17-20(29)11-14-25(19,3)22(21)12-15-26(23,27)4;1-13(22)17-6-7-18-16-5-4-14-12-15(23)8-10-20(14,2)19(16)9-11-21(17,18)3/h17,21-23H,5-16H2,1-4H3;12,16-19H,4-11H2,1-3H3/t21-,22+,23+,25+,26+,27+;16-,17+,18-,19-,20-,21+/m10/s1. The summed E-state index contributed by atoms with van der Waals surface area (Å²) in [5.41, 5.74) is 2.21. The number of rotatable bonds is 7. The van der Waals surface area contributed by atoms with E-state index in [1.54, 1.807) is 13.8 Å². The van der Waals surface area contributed by atoms with Crippen LogP contribution in [0.3, 0.4) is 0 Å². The van der Waals surface area contributed by atoms with E-state index in [1.165, 1.54) is 36.8 Å². The highest BCUT2D eigenvalue weighted by atomic mass is 16.6. The fourth-order valence-corrected chi connectivity index (χ4v) is 15.4. The monoisotopic (exact) mass is 743 g/mol. The number of carbonyl (C=O) groups excluding carboxylic acids is 5. The lowest BCUT2D eigenvalue weighted by Gasteiger charge is -2.59. The van der Waals surface area contributed by atoms with Crippen molar-refractivity contribution in [1.82, 2.24) is 0 Å². The Morgan fingerprint density at radius 2 is 1.20 bits per heavy atom. The number of carbonyl (C=O) groups is 5. The second kappa shape index (κ2) is 14.5. The lowest BCUT2D eigenvalue weighted by molar-refractivity contribution is -0.189. The molecule has 0 aromatic rings. The van der Waals surface area contributed by atoms with Crippen molar-refractivity contribution >= 4 is 29.1 Å². The highest BCUT2D eigenvalue weighted by Gasteiger charge is 2.68. The van der Waals surface area contributed by atoms with Gasteiger partial charge in [0.25, 0.3) is 0 Å². The zero-order chi connectivity index (χ0) is 38.8. The topological polar surface area (TPSA) is 94.6 Å². The molecule has 6 nitrogen and oxygen atoms in total. The molecule has 0 heterocycles. The molecule has 6 saturated carbocycles. The van der Waals surface area contributed by atoms with Crippen molar-refractivity contribution in [1.29, 1.82) is 0 Å². The Balaban J connectivity index is 0.000000174. The molecular weight excluding hydrogens is 673 g/mol. The van der Waals surface area contributed by atoms with E-state index in [0.29, 0.717) is 54.5 Å². The zero-order valence-corrected chi connectivity index (χ0v) is 34.8. The Morgan fingerprint density at radius 1 is 0.648 bits per heavy atom. The van der Waals surface area contributed by atoms with E-state index in [-0.39, 0.29) is 39.2 Å². The molecule has 0 aromatic carbocycles. The van der Waals surface area contributed by atoms with Gasteiger partial charge in [-0.3, -0.25) is 24.0 Å². The van der Waals surface area contributed by atoms with E-state index >= 15 is 0 Å². The van der Waals surface area contributed by atoms with Gasteiger partial charge in [-0.15, -0.1) is 0 Å². The van der Waals surface area contributed by atoms with Crippen LogP contribution in [0, 0.1) is 63.1 Å². The molecule has 0 saturated heterocycles. The van der Waals surface area contributed by atoms with Crippen molar-refractivity contribution in [2.75, 3.05) is 0 Å². The minimum Gasteiger partial charge on any atom is -0.450 e. The summed E-state index contributed by atoms with van der Waals surface area (Å²) in [7, 11) is 0. The number of ketones is 4. The smallest absolute Gasteiger partial charge is 0.306 e. The molecule has 54 heavy (non-hydrogen) atoms. The minimum atomic E-state index is -0.953. The molecule has 0 unspecified atom stereocenters. The van der Waals surface area contributed by atoms with Gasteiger partial charge < -0.3 is 4.74 Å². The average Bonchev–Trinajstić information content (AvgIpc) is 3.64. The van der Waals surface area contributed by atoms with Gasteiger partial charge in [0.2, 0.25) is 0 Å². The summed E-state index contributed by atoms with van der Waals surface area (Å²) in [5, 5.41) is 0. The molecule has 6 fully saturated rings. The van der Waals surface area contributed by atoms with Crippen LogP contribution in [-0.2, 0) is 28.7 Å². The molecule has 0 N–H and O–H groups in total. The number of unbranched alkanes of at least 4 members (excludes halogenated alkanes) is 2. The van der Waals surface area contributed by atoms with Crippen LogP contribution in [0.4, 0.5) is 0 Å². The summed E-state index contributed by atoms with van der Waals surface area (Å²) in [6.07, 6.45) is 23.6. The number of Topliss-reactive ketones (excluding diaryl/α,β-unsaturated/α-hetero) is 2. The van der Waals surface area contributed by atoms with Crippen LogP contribution in [0.15, 0.2) is 23.3 Å². The second-order valence-corrected chi connectivity index (χ2v) is 20.5. The third-order valence-corrected chi connectivity index (χ3v) is 18.4. The van der Waals surface area contributed by atoms with Crippen molar-refractivity contribution in [3.63, 3.8) is 0 Å². The third kappa shape index (κ3) is 6.20. The van der Waals surface area contributed by atoms with E-state index in [2.05, 4.69) is 34.6 Å². The van der Waals surface area contributed by atoms with Crippen LogP contribution in [0.25, 0.3) is 0 Å². The molecule has 8 aliphatic rings. The summed E-state index contributed by atoms with van der Waals surface area (Å²) >= 11 is 0. The van der Waals surface area contributed by atoms with Gasteiger partial charge >= 0.3 is 5.97 Å². The largest absolute Gasteiger partial charge is 0.450 e. The highest BCUT2D eigenvalue weighted by molar-refractivity contribution is 5.92. The van der Waals surface area contributed by atoms with Crippen molar-refractivity contribution in [2.45, 2.75) is 182 Å². The van der Waals surface area contributed by atoms with E-state index < -0.39 is 5.60 Å². The van der Waals surface area contributed by atoms with Gasteiger partial charge in [-0.25, -0.2) is 0 Å². The van der Waals surface area contributed by atoms with Gasteiger partial charge in [0, 0.05) is 30.6 Å². The second-order valence-electron chi connectivity index (χ2n) is 20.5. The van der Waals surface area contributed by atoms with E-state index in [0.717, 1.165) is 101 Å². The van der Waals surface area contributed by atoms with Gasteiger partial charge in [-0.2, -0.15) is 0 Å². The Kier molecular flexibility index (Phi) is 10.7. The van der Waals surface area contributed by atoms with Gasteiger partial charge in [-0.1, -0.05) is 58.6 Å². The predicted molar refractivity (Wildman–Crippen MR) is 211 cm³/mol. The molecule has 12 atom stereocenters. The maximum atomic E-state index is 13.1. The Morgan fingerprint density at radius 3 is 1.76 bits per heavy atom. The number of ether oxygens (including phenoxy) is 1. The number of esters is 1. The van der Waals surface area contributed by atoms with Gasteiger partial charge in [0.05, 0.1) is 0 Å². The minimum absolute atomic E-state index is 0.0330. The first-order valence-corrected chi connectivity index (χ1v) is 22.2. The maximum absolute atomic E-state index is 13.1. The molecule has 0 aliphatic heterocycles. The van der Waals surface area contributed by atoms with E-state index in [9.17, 15) is 24.0 Å². The third-order valence-electron chi connectivity index (χ3n) is 18.4. The summed E-state index contributed by atoms with van der Waals surface area (Å²) in [5.74, 6) is 4.95. The molecule has 8 aliphatic carbocycles. The molecule has 298 valence electrons. The molecule has 0 aromatic heterocycles. The number of allylic oxidation sites excluding steroid dienone is 2. The van der Waals surface area contributed by atoms with Crippen LogP contribution >= 0.6 is 0 Å². The lowest BCUT2D eigenvalue weighted by Crippen LogP contribution is -2.58. The first-order chi connectivity index (χ1) is 25.5. The molecule has 8 rings (SSSR count). The maximum Gasteiger partial charge on any atom is 0.306 e. The van der Waals surface area contributed by atoms with Crippen LogP contribution in [-0.4, -0.2) is 34.7 Å². The molecule has 0 spiro atoms. The van der Waals surface area contributed by atoms with Gasteiger partial charge in [-0.05, 0) is 174 Å². The number of hydrogen-bond donors (Lipinski definition) is 0. The molecule has 0 radical (unpaired) electrons. The quantitative estimate of drug-likeness (QED) is 0.190. The number of fused-ring (bicyclic) bond motifs is 10. The van der Waals surface area contributed by atoms with E-state index in [4.69, 9.17) is 4.74 Å². The SMILES string of the molecule is CC(=O)[C@H]1CC[C@H]2[C@@H]3CCC4=CC(=O)CC[C@]4(C)[C@H]3CC[C@]12C.CCCCCC(=O)O[C@]1(C(C)=O)CC[C@H]2[C@@H]3CCC4=CC(=O)CC[C@]4(C)[C@H]3CC[C@@]21C. The summed E-state index contributed by atoms with van der Waals surface area (Å²) < 4.78 is 6.16. The van der Waals surface area contributed by atoms with Crippen LogP contribution in [0.1, 0.15) is 177 Å². The lowest BCUT2D eigenvalue weighted by atomic mass is 9.46. The van der Waals surface area contributed by atoms with Crippen LogP contribution in [0.2, 0.25) is 0 Å². The van der Waals surface area contributed by atoms with Crippen molar-refractivity contribution in [3.8, 4) is 0 Å². The predicted octanol–water partition coefficient (Wildman–Crippen LogP) is 10.7.